The first-order valence-electron chi connectivity index (χ1n) is 14.2. The van der Waals surface area contributed by atoms with Crippen molar-refractivity contribution in [1.29, 1.82) is 5.26 Å². The summed E-state index contributed by atoms with van der Waals surface area (Å²) >= 11 is 0. The van der Waals surface area contributed by atoms with Gasteiger partial charge in [0.2, 0.25) is 0 Å². The molecule has 0 heterocycles. The van der Waals surface area contributed by atoms with Gasteiger partial charge < -0.3 is 0 Å². The molecule has 9 unspecified atom stereocenters. The van der Waals surface area contributed by atoms with Crippen molar-refractivity contribution >= 4 is 5.78 Å². The lowest BCUT2D eigenvalue weighted by Crippen LogP contribution is -2.67. The lowest BCUT2D eigenvalue weighted by molar-refractivity contribution is -0.235. The summed E-state index contributed by atoms with van der Waals surface area (Å²) < 4.78 is 0. The van der Waals surface area contributed by atoms with Gasteiger partial charge in [0.15, 0.2) is 0 Å². The van der Waals surface area contributed by atoms with Crippen LogP contribution in [0.2, 0.25) is 0 Å². The van der Waals surface area contributed by atoms with Gasteiger partial charge in [-0.1, -0.05) is 55.4 Å². The number of hydrogen-bond donors (Lipinski definition) is 0. The number of nitriles is 1. The minimum absolute atomic E-state index is 0.0584. The third-order valence-corrected chi connectivity index (χ3v) is 13.5. The van der Waals surface area contributed by atoms with E-state index in [0.29, 0.717) is 52.1 Å². The van der Waals surface area contributed by atoms with Gasteiger partial charge in [-0.2, -0.15) is 5.26 Å². The smallest absolute Gasteiger partial charge is 0.141 e. The molecule has 5 rings (SSSR count). The molecule has 0 aromatic rings. The second kappa shape index (κ2) is 7.11. The quantitative estimate of drug-likeness (QED) is 0.404. The summed E-state index contributed by atoms with van der Waals surface area (Å²) in [6.07, 6.45) is 10.9. The van der Waals surface area contributed by atoms with Crippen LogP contribution >= 0.6 is 0 Å². The number of ketones is 1. The molecule has 0 saturated heterocycles. The molecule has 0 aliphatic heterocycles. The number of nitrogens with zero attached hydrogens (tertiary/aromatic N) is 1. The van der Waals surface area contributed by atoms with Crippen molar-refractivity contribution < 1.29 is 4.79 Å². The average Bonchev–Trinajstić information content (AvgIpc) is 3.13. The largest absolute Gasteiger partial charge is 0.299 e. The van der Waals surface area contributed by atoms with Crippen LogP contribution in [0.15, 0.2) is 0 Å². The van der Waals surface area contributed by atoms with E-state index in [4.69, 9.17) is 0 Å². The molecule has 5 saturated carbocycles. The van der Waals surface area contributed by atoms with Gasteiger partial charge in [0.1, 0.15) is 5.78 Å². The molecule has 0 aromatic carbocycles. The first-order valence-corrected chi connectivity index (χ1v) is 14.2. The lowest BCUT2D eigenvalue weighted by atomic mass is 9.32. The van der Waals surface area contributed by atoms with E-state index in [1.165, 1.54) is 38.5 Å². The second-order valence-electron chi connectivity index (χ2n) is 15.1. The molecular formula is C31H49NO. The Morgan fingerprint density at radius 2 is 1.58 bits per heavy atom. The van der Waals surface area contributed by atoms with Gasteiger partial charge in [0, 0.05) is 11.3 Å². The second-order valence-corrected chi connectivity index (χ2v) is 15.1. The third-order valence-electron chi connectivity index (χ3n) is 13.5. The van der Waals surface area contributed by atoms with E-state index < -0.39 is 0 Å². The van der Waals surface area contributed by atoms with Crippen molar-refractivity contribution in [1.82, 2.24) is 0 Å². The highest BCUT2D eigenvalue weighted by Gasteiger charge is 2.71. The normalized spacial score (nSPS) is 55.2. The maximum atomic E-state index is 13.2. The molecule has 0 aromatic heterocycles. The van der Waals surface area contributed by atoms with Crippen LogP contribution in [0, 0.1) is 79.8 Å². The van der Waals surface area contributed by atoms with Crippen LogP contribution in [0.4, 0.5) is 0 Å². The van der Waals surface area contributed by atoms with Gasteiger partial charge >= 0.3 is 0 Å². The number of carbonyl (C=O) groups is 1. The molecule has 0 spiro atoms. The van der Waals surface area contributed by atoms with E-state index >= 15 is 0 Å². The summed E-state index contributed by atoms with van der Waals surface area (Å²) in [5.41, 5.74) is 0.651. The van der Waals surface area contributed by atoms with E-state index in [0.717, 1.165) is 19.3 Å². The van der Waals surface area contributed by atoms with Crippen LogP contribution in [0.3, 0.4) is 0 Å². The molecule has 0 amide bonds. The minimum Gasteiger partial charge on any atom is -0.299 e. The standard InChI is InChI=1S/C31H49NO/c1-19(2)21-11-14-31(18-32)16-15-29(7)22(25(21)31)9-10-24-28(6)17-20(3)26(33)27(4,5)23(28)12-13-30(24,29)8/h19-25H,9-17H2,1-8H3/t20?,21?,22?,23?,24?,25?,28?,29-,30?,31?/m1/s1. The van der Waals surface area contributed by atoms with E-state index in [-0.39, 0.29) is 22.2 Å². The average molecular weight is 452 g/mol. The topological polar surface area (TPSA) is 40.9 Å². The van der Waals surface area contributed by atoms with Gasteiger partial charge in [-0.05, 0) is 110 Å². The maximum Gasteiger partial charge on any atom is 0.141 e. The predicted octanol–water partition coefficient (Wildman–Crippen LogP) is 8.06. The first kappa shape index (κ1) is 23.9. The Balaban J connectivity index is 1.57. The molecule has 2 heteroatoms. The summed E-state index contributed by atoms with van der Waals surface area (Å²) in [6.45, 7) is 19.5. The van der Waals surface area contributed by atoms with Gasteiger partial charge in [0.25, 0.3) is 0 Å². The zero-order valence-electron chi connectivity index (χ0n) is 22.8. The zero-order chi connectivity index (χ0) is 24.2. The molecule has 0 N–H and O–H groups in total. The van der Waals surface area contributed by atoms with Gasteiger partial charge in [-0.3, -0.25) is 4.79 Å². The third kappa shape index (κ3) is 2.75. The Morgan fingerprint density at radius 3 is 2.21 bits per heavy atom. The molecule has 5 fully saturated rings. The zero-order valence-corrected chi connectivity index (χ0v) is 22.8. The fraction of sp³-hybridized carbons (Fsp3) is 0.935. The molecular weight excluding hydrogens is 402 g/mol. The fourth-order valence-electron chi connectivity index (χ4n) is 12.0. The van der Waals surface area contributed by atoms with Crippen LogP contribution in [0.25, 0.3) is 0 Å². The van der Waals surface area contributed by atoms with E-state index in [2.05, 4.69) is 61.5 Å². The molecule has 5 aliphatic carbocycles. The van der Waals surface area contributed by atoms with E-state index in [9.17, 15) is 10.1 Å². The molecule has 2 nitrogen and oxygen atoms in total. The highest BCUT2D eigenvalue weighted by Crippen LogP contribution is 2.77. The van der Waals surface area contributed by atoms with Crippen molar-refractivity contribution in [3.8, 4) is 6.07 Å². The van der Waals surface area contributed by atoms with E-state index in [1.807, 2.05) is 0 Å². The number of Topliss-reactive ketones (excluding diaryl/α,β-unsaturated/α-hetero) is 1. The summed E-state index contributed by atoms with van der Waals surface area (Å²) in [6, 6.07) is 2.94. The van der Waals surface area contributed by atoms with Crippen molar-refractivity contribution in [3.05, 3.63) is 0 Å². The van der Waals surface area contributed by atoms with E-state index in [1.54, 1.807) is 0 Å². The molecule has 184 valence electrons. The van der Waals surface area contributed by atoms with Crippen molar-refractivity contribution in [3.63, 3.8) is 0 Å². The predicted molar refractivity (Wildman–Crippen MR) is 134 cm³/mol. The monoisotopic (exact) mass is 451 g/mol. The number of hydrogen-bond acceptors (Lipinski definition) is 2. The Hall–Kier alpha value is -0.840. The number of carbonyl (C=O) groups excluding carboxylic acids is 1. The SMILES string of the molecule is CC1CC2(C)C(CCC3(C)C2CCC2C4C(C(C)C)CCC4(C#N)CC[C@]23C)C(C)(C)C1=O. The number of rotatable bonds is 1. The Morgan fingerprint density at radius 1 is 0.879 bits per heavy atom. The minimum atomic E-state index is -0.192. The van der Waals surface area contributed by atoms with Crippen LogP contribution in [-0.2, 0) is 4.79 Å². The Kier molecular flexibility index (Phi) is 5.14. The summed E-state index contributed by atoms with van der Waals surface area (Å²) in [5, 5.41) is 10.4. The van der Waals surface area contributed by atoms with Crippen molar-refractivity contribution in [2.24, 2.45) is 68.5 Å². The maximum absolute atomic E-state index is 13.2. The Bertz CT molecular complexity index is 882. The van der Waals surface area contributed by atoms with Crippen molar-refractivity contribution in [2.75, 3.05) is 0 Å². The van der Waals surface area contributed by atoms with Crippen LogP contribution in [0.5, 0.6) is 0 Å². The molecule has 33 heavy (non-hydrogen) atoms. The molecule has 0 bridgehead atoms. The molecule has 5 aliphatic rings. The highest BCUT2D eigenvalue weighted by atomic mass is 16.1. The lowest BCUT2D eigenvalue weighted by Gasteiger charge is -2.72. The first-order chi connectivity index (χ1) is 15.3. The van der Waals surface area contributed by atoms with Crippen LogP contribution in [0.1, 0.15) is 113 Å². The number of fused-ring (bicyclic) bond motifs is 7. The summed E-state index contributed by atoms with van der Waals surface area (Å²) in [7, 11) is 0. The van der Waals surface area contributed by atoms with Crippen molar-refractivity contribution in [2.45, 2.75) is 113 Å². The van der Waals surface area contributed by atoms with Gasteiger partial charge in [0.05, 0.1) is 11.5 Å². The fourth-order valence-corrected chi connectivity index (χ4v) is 12.0. The summed E-state index contributed by atoms with van der Waals surface area (Å²) in [4.78, 5) is 13.2. The Labute approximate surface area is 203 Å². The molecule has 0 radical (unpaired) electrons. The van der Waals surface area contributed by atoms with Gasteiger partial charge in [-0.15, -0.1) is 0 Å². The summed E-state index contributed by atoms with van der Waals surface area (Å²) in [5.74, 6) is 4.59. The van der Waals surface area contributed by atoms with Crippen LogP contribution in [-0.4, -0.2) is 5.78 Å². The van der Waals surface area contributed by atoms with Crippen LogP contribution < -0.4 is 0 Å². The highest BCUT2D eigenvalue weighted by molar-refractivity contribution is 5.87. The van der Waals surface area contributed by atoms with Gasteiger partial charge in [-0.25, -0.2) is 0 Å². The molecule has 10 atom stereocenters.